The number of aliphatic hydroxyl groups is 1. The van der Waals surface area contributed by atoms with Crippen LogP contribution in [0.1, 0.15) is 92.9 Å². The van der Waals surface area contributed by atoms with Crippen LogP contribution in [0, 0.1) is 34.5 Å². The van der Waals surface area contributed by atoms with Crippen LogP contribution in [0.2, 0.25) is 0 Å². The lowest BCUT2D eigenvalue weighted by atomic mass is 9.53. The van der Waals surface area contributed by atoms with E-state index in [4.69, 9.17) is 0 Å². The van der Waals surface area contributed by atoms with Gasteiger partial charge in [0.15, 0.2) is 5.78 Å². The van der Waals surface area contributed by atoms with E-state index >= 15 is 0 Å². The third-order valence-corrected chi connectivity index (χ3v) is 9.29. The molecule has 2 nitrogen and oxygen atoms in total. The van der Waals surface area contributed by atoms with Gasteiger partial charge in [-0.05, 0) is 78.6 Å². The maximum atomic E-state index is 12.3. The first-order valence-corrected chi connectivity index (χ1v) is 12.4. The Labute approximate surface area is 184 Å². The van der Waals surface area contributed by atoms with Gasteiger partial charge in [-0.15, -0.1) is 0 Å². The SMILES string of the molecule is CC(C)[C@@H](C)C=C[C@@H](C)C1CC[C@@]2(C)C(=CC=C3C[C@@H](O)CCC3=O)CCC[C@]12C. The van der Waals surface area contributed by atoms with Crippen molar-refractivity contribution in [2.24, 2.45) is 34.5 Å². The Bertz CT molecular complexity index is 727. The first kappa shape index (κ1) is 23.5. The second kappa shape index (κ2) is 9.15. The molecule has 1 N–H and O–H groups in total. The summed E-state index contributed by atoms with van der Waals surface area (Å²) in [6.45, 7) is 14.4. The highest BCUT2D eigenvalue weighted by Gasteiger charge is 2.57. The number of aliphatic hydroxyl groups excluding tert-OH is 1. The van der Waals surface area contributed by atoms with Crippen LogP contribution in [-0.4, -0.2) is 17.0 Å². The van der Waals surface area contributed by atoms with Crippen molar-refractivity contribution < 1.29 is 9.90 Å². The van der Waals surface area contributed by atoms with E-state index in [-0.39, 0.29) is 17.3 Å². The summed E-state index contributed by atoms with van der Waals surface area (Å²) < 4.78 is 0. The predicted octanol–water partition coefficient (Wildman–Crippen LogP) is 7.04. The molecule has 3 aliphatic carbocycles. The smallest absolute Gasteiger partial charge is 0.159 e. The lowest BCUT2D eigenvalue weighted by Crippen LogP contribution is -2.42. The molecule has 0 radical (unpaired) electrons. The molecule has 2 heteroatoms. The summed E-state index contributed by atoms with van der Waals surface area (Å²) in [6.07, 6.45) is 16.8. The zero-order chi connectivity index (χ0) is 22.1. The Morgan fingerprint density at radius 3 is 2.43 bits per heavy atom. The first-order chi connectivity index (χ1) is 14.1. The van der Waals surface area contributed by atoms with Crippen molar-refractivity contribution in [2.45, 2.75) is 99.0 Å². The summed E-state index contributed by atoms with van der Waals surface area (Å²) in [6, 6.07) is 0. The molecule has 0 aromatic rings. The number of carbonyl (C=O) groups is 1. The van der Waals surface area contributed by atoms with Gasteiger partial charge in [-0.1, -0.05) is 71.4 Å². The standard InChI is InChI=1S/C28H44O2/c1-19(2)20(3)9-10-21(4)25-15-17-27(5)23(8-7-16-28(25,27)6)12-11-22-18-24(29)13-14-26(22)30/h9-12,19-21,24-25,29H,7-8,13-18H2,1-6H3/t20-,21+,24-,25?,27-,28+/m0/s1. The summed E-state index contributed by atoms with van der Waals surface area (Å²) in [5.41, 5.74) is 2.89. The molecule has 3 fully saturated rings. The Morgan fingerprint density at radius 1 is 1.00 bits per heavy atom. The maximum absolute atomic E-state index is 12.3. The van der Waals surface area contributed by atoms with E-state index < -0.39 is 0 Å². The van der Waals surface area contributed by atoms with Gasteiger partial charge in [0.2, 0.25) is 0 Å². The minimum atomic E-state index is -0.351. The molecule has 0 aromatic carbocycles. The van der Waals surface area contributed by atoms with E-state index in [0.29, 0.717) is 48.3 Å². The molecular formula is C28H44O2. The minimum absolute atomic E-state index is 0.217. The van der Waals surface area contributed by atoms with Crippen molar-refractivity contribution in [2.75, 3.05) is 0 Å². The van der Waals surface area contributed by atoms with Crippen LogP contribution in [0.3, 0.4) is 0 Å². The molecule has 0 aliphatic heterocycles. The number of hydrogen-bond acceptors (Lipinski definition) is 2. The average molecular weight is 413 g/mol. The molecule has 30 heavy (non-hydrogen) atoms. The second-order valence-corrected chi connectivity index (χ2v) is 11.3. The molecule has 0 saturated heterocycles. The summed E-state index contributed by atoms with van der Waals surface area (Å²) in [7, 11) is 0. The summed E-state index contributed by atoms with van der Waals surface area (Å²) >= 11 is 0. The first-order valence-electron chi connectivity index (χ1n) is 12.4. The zero-order valence-electron chi connectivity index (χ0n) is 20.2. The fourth-order valence-electron chi connectivity index (χ4n) is 6.48. The fraction of sp³-hybridized carbons (Fsp3) is 0.750. The third-order valence-electron chi connectivity index (χ3n) is 9.29. The quantitative estimate of drug-likeness (QED) is 0.388. The number of carbonyl (C=O) groups excluding carboxylic acids is 1. The van der Waals surface area contributed by atoms with E-state index in [1.807, 2.05) is 0 Å². The van der Waals surface area contributed by atoms with Gasteiger partial charge in [0, 0.05) is 12.8 Å². The monoisotopic (exact) mass is 412 g/mol. The molecule has 3 rings (SSSR count). The van der Waals surface area contributed by atoms with Crippen molar-refractivity contribution in [3.05, 3.63) is 35.5 Å². The normalized spacial score (nSPS) is 39.8. The Balaban J connectivity index is 1.82. The summed E-state index contributed by atoms with van der Waals surface area (Å²) in [5, 5.41) is 9.98. The second-order valence-electron chi connectivity index (χ2n) is 11.3. The molecule has 0 amide bonds. The van der Waals surface area contributed by atoms with Crippen LogP contribution in [0.5, 0.6) is 0 Å². The Morgan fingerprint density at radius 2 is 1.73 bits per heavy atom. The van der Waals surface area contributed by atoms with Gasteiger partial charge in [-0.3, -0.25) is 4.79 Å². The number of Topliss-reactive ketones (excluding diaryl/α,β-unsaturated/α-hetero) is 1. The van der Waals surface area contributed by atoms with Gasteiger partial charge < -0.3 is 5.11 Å². The molecule has 0 heterocycles. The van der Waals surface area contributed by atoms with Gasteiger partial charge in [0.25, 0.3) is 0 Å². The van der Waals surface area contributed by atoms with Gasteiger partial charge in [-0.2, -0.15) is 0 Å². The molecular weight excluding hydrogens is 368 g/mol. The van der Waals surface area contributed by atoms with Crippen LogP contribution < -0.4 is 0 Å². The number of fused-ring (bicyclic) bond motifs is 1. The lowest BCUT2D eigenvalue weighted by molar-refractivity contribution is -0.117. The van der Waals surface area contributed by atoms with E-state index in [0.717, 1.165) is 12.0 Å². The van der Waals surface area contributed by atoms with Crippen LogP contribution in [0.4, 0.5) is 0 Å². The van der Waals surface area contributed by atoms with Gasteiger partial charge in [-0.25, -0.2) is 0 Å². The van der Waals surface area contributed by atoms with Crippen molar-refractivity contribution in [3.8, 4) is 0 Å². The largest absolute Gasteiger partial charge is 0.393 e. The van der Waals surface area contributed by atoms with Crippen LogP contribution in [-0.2, 0) is 4.79 Å². The van der Waals surface area contributed by atoms with E-state index in [1.54, 1.807) is 0 Å². The number of hydrogen-bond donors (Lipinski definition) is 1. The Kier molecular flexibility index (Phi) is 7.17. The van der Waals surface area contributed by atoms with Crippen molar-refractivity contribution in [3.63, 3.8) is 0 Å². The Hall–Kier alpha value is -1.15. The maximum Gasteiger partial charge on any atom is 0.159 e. The van der Waals surface area contributed by atoms with Gasteiger partial charge in [0.1, 0.15) is 0 Å². The molecule has 168 valence electrons. The number of ketones is 1. The van der Waals surface area contributed by atoms with E-state index in [9.17, 15) is 9.90 Å². The molecule has 3 saturated carbocycles. The molecule has 0 aromatic heterocycles. The number of rotatable bonds is 5. The molecule has 1 unspecified atom stereocenters. The topological polar surface area (TPSA) is 37.3 Å². The molecule has 3 aliphatic rings. The lowest BCUT2D eigenvalue weighted by Gasteiger charge is -2.51. The van der Waals surface area contributed by atoms with Crippen LogP contribution >= 0.6 is 0 Å². The van der Waals surface area contributed by atoms with E-state index in [2.05, 4.69) is 65.8 Å². The highest BCUT2D eigenvalue weighted by Crippen LogP contribution is 2.66. The van der Waals surface area contributed by atoms with E-state index in [1.165, 1.54) is 31.3 Å². The van der Waals surface area contributed by atoms with Gasteiger partial charge >= 0.3 is 0 Å². The summed E-state index contributed by atoms with van der Waals surface area (Å²) in [5.74, 6) is 2.86. The third kappa shape index (κ3) is 4.40. The zero-order valence-corrected chi connectivity index (χ0v) is 20.2. The molecule has 6 atom stereocenters. The predicted molar refractivity (Wildman–Crippen MR) is 126 cm³/mol. The van der Waals surface area contributed by atoms with Gasteiger partial charge in [0.05, 0.1) is 6.10 Å². The van der Waals surface area contributed by atoms with Crippen molar-refractivity contribution >= 4 is 5.78 Å². The molecule has 0 spiro atoms. The highest BCUT2D eigenvalue weighted by atomic mass is 16.3. The molecule has 0 bridgehead atoms. The van der Waals surface area contributed by atoms with Crippen LogP contribution in [0.25, 0.3) is 0 Å². The highest BCUT2D eigenvalue weighted by molar-refractivity contribution is 5.96. The number of allylic oxidation sites excluding steroid dienone is 5. The van der Waals surface area contributed by atoms with Crippen molar-refractivity contribution in [1.29, 1.82) is 0 Å². The fourth-order valence-corrected chi connectivity index (χ4v) is 6.48. The van der Waals surface area contributed by atoms with Crippen molar-refractivity contribution in [1.82, 2.24) is 0 Å². The van der Waals surface area contributed by atoms with Crippen LogP contribution in [0.15, 0.2) is 35.5 Å². The minimum Gasteiger partial charge on any atom is -0.393 e. The average Bonchev–Trinajstić information content (AvgIpc) is 2.98. The summed E-state index contributed by atoms with van der Waals surface area (Å²) in [4.78, 5) is 12.3.